The van der Waals surface area contributed by atoms with Crippen molar-refractivity contribution in [2.75, 3.05) is 45.3 Å². The summed E-state index contributed by atoms with van der Waals surface area (Å²) in [5.74, 6) is 3.83. The van der Waals surface area contributed by atoms with E-state index in [-0.39, 0.29) is 40.1 Å². The minimum Gasteiger partial charge on any atom is -0.372 e. The molecular weight excluding hydrogens is 571 g/mol. The average molecular weight is 602 g/mol. The first-order valence-corrected chi connectivity index (χ1v) is 16.1. The van der Waals surface area contributed by atoms with Gasteiger partial charge in [-0.25, -0.2) is 13.2 Å². The number of halogens is 6. The molecule has 1 aliphatic heterocycles. The van der Waals surface area contributed by atoms with Crippen LogP contribution in [0.3, 0.4) is 0 Å². The van der Waals surface area contributed by atoms with E-state index in [0.717, 1.165) is 30.0 Å². The van der Waals surface area contributed by atoms with Crippen molar-refractivity contribution in [1.29, 1.82) is 0 Å². The van der Waals surface area contributed by atoms with Gasteiger partial charge < -0.3 is 20.1 Å². The van der Waals surface area contributed by atoms with Gasteiger partial charge in [-0.15, -0.1) is 11.3 Å². The Morgan fingerprint density at radius 1 is 1.20 bits per heavy atom. The largest absolute Gasteiger partial charge is 0.393 e. The van der Waals surface area contributed by atoms with Crippen molar-refractivity contribution >= 4 is 41.6 Å². The van der Waals surface area contributed by atoms with Gasteiger partial charge in [-0.05, 0) is 56.3 Å². The number of piperidine rings is 1. The summed E-state index contributed by atoms with van der Waals surface area (Å²) >= 11 is 1.10. The quantitative estimate of drug-likeness (QED) is 0.299. The second kappa shape index (κ2) is 12.2. The van der Waals surface area contributed by atoms with Crippen molar-refractivity contribution in [3.8, 4) is 11.8 Å². The van der Waals surface area contributed by atoms with Crippen LogP contribution in [-0.4, -0.2) is 69.3 Å². The van der Waals surface area contributed by atoms with E-state index in [2.05, 4.69) is 22.5 Å². The van der Waals surface area contributed by atoms with Crippen LogP contribution in [0.5, 0.6) is 0 Å². The molecule has 2 N–H and O–H groups in total. The molecule has 2 heterocycles. The SMILES string of the molecule is CN1CCC(NC2C=CC=c3c(CC(F)(F)F)c(C#CCNc4cc(F)c(P(C)(C)=O)cc4F)sc3=C2)[C@@H](F)C1. The molecule has 1 aromatic carbocycles. The fourth-order valence-electron chi connectivity index (χ4n) is 4.71. The normalized spacial score (nSPS) is 21.5. The van der Waals surface area contributed by atoms with E-state index in [1.807, 2.05) is 11.9 Å². The fraction of sp³-hybridized carbons (Fsp3) is 0.429. The monoisotopic (exact) mass is 601 g/mol. The van der Waals surface area contributed by atoms with Crippen LogP contribution >= 0.6 is 18.5 Å². The molecule has 1 saturated heterocycles. The lowest BCUT2D eigenvalue weighted by Gasteiger charge is -2.34. The summed E-state index contributed by atoms with van der Waals surface area (Å²) in [4.78, 5) is 2.13. The van der Waals surface area contributed by atoms with Gasteiger partial charge in [-0.1, -0.05) is 30.1 Å². The standard InChI is InChI=1S/C28H30F6N3OPS/c1-37-11-9-23(22(31)16-37)36-17-6-4-7-18-19(15-28(32,33)34)26(40-27(18)12-17)8-5-10-35-24-13-21(30)25(14-20(24)29)39(2,3)38/h4,6-7,12-14,17,22-23,35-36H,9-11,15-16H2,1-3H3/t17?,22-,23?/m0/s1. The highest BCUT2D eigenvalue weighted by molar-refractivity contribution is 7.70. The number of hydrogen-bond acceptors (Lipinski definition) is 5. The topological polar surface area (TPSA) is 44.4 Å². The molecule has 216 valence electrons. The second-order valence-electron chi connectivity index (χ2n) is 10.4. The number of rotatable bonds is 6. The number of benzene rings is 1. The summed E-state index contributed by atoms with van der Waals surface area (Å²) in [7, 11) is -1.17. The van der Waals surface area contributed by atoms with Crippen molar-refractivity contribution in [2.24, 2.45) is 0 Å². The zero-order valence-corrected chi connectivity index (χ0v) is 23.9. The summed E-state index contributed by atoms with van der Waals surface area (Å²) in [6.45, 7) is 3.56. The maximum atomic E-state index is 14.6. The lowest BCUT2D eigenvalue weighted by atomic mass is 10.0. The van der Waals surface area contributed by atoms with Crippen LogP contribution in [0.1, 0.15) is 16.9 Å². The lowest BCUT2D eigenvalue weighted by molar-refractivity contribution is -0.127. The lowest BCUT2D eigenvalue weighted by Crippen LogP contribution is -2.52. The summed E-state index contributed by atoms with van der Waals surface area (Å²) in [6, 6.07) is 1.03. The first kappa shape index (κ1) is 30.4. The number of hydrogen-bond donors (Lipinski definition) is 2. The number of likely N-dealkylation sites (tertiary alicyclic amines) is 1. The van der Waals surface area contributed by atoms with Gasteiger partial charge >= 0.3 is 6.18 Å². The molecule has 0 amide bonds. The van der Waals surface area contributed by atoms with Gasteiger partial charge in [0, 0.05) is 34.5 Å². The van der Waals surface area contributed by atoms with E-state index in [0.29, 0.717) is 22.7 Å². The van der Waals surface area contributed by atoms with E-state index in [9.17, 15) is 30.9 Å². The van der Waals surface area contributed by atoms with Gasteiger partial charge in [0.25, 0.3) is 0 Å². The average Bonchev–Trinajstić information content (AvgIpc) is 3.00. The highest BCUT2D eigenvalue weighted by atomic mass is 32.1. The van der Waals surface area contributed by atoms with Crippen molar-refractivity contribution in [1.82, 2.24) is 10.2 Å². The molecule has 0 saturated carbocycles. The molecule has 12 heteroatoms. The summed E-state index contributed by atoms with van der Waals surface area (Å²) in [6.07, 6.45) is 0.755. The highest BCUT2D eigenvalue weighted by Crippen LogP contribution is 2.36. The number of thiophene rings is 1. The summed E-state index contributed by atoms with van der Waals surface area (Å²) in [5.41, 5.74) is -0.158. The molecule has 0 spiro atoms. The minimum absolute atomic E-state index is 0.0347. The number of allylic oxidation sites excluding steroid dienone is 1. The van der Waals surface area contributed by atoms with Crippen LogP contribution in [0.4, 0.5) is 32.0 Å². The molecule has 2 aromatic rings. The zero-order valence-electron chi connectivity index (χ0n) is 22.2. The highest BCUT2D eigenvalue weighted by Gasteiger charge is 2.31. The van der Waals surface area contributed by atoms with Crippen molar-refractivity contribution < 1.29 is 30.9 Å². The maximum Gasteiger partial charge on any atom is 0.393 e. The van der Waals surface area contributed by atoms with E-state index in [1.165, 1.54) is 13.3 Å². The molecule has 40 heavy (non-hydrogen) atoms. The second-order valence-corrected chi connectivity index (χ2v) is 14.6. The van der Waals surface area contributed by atoms with Crippen LogP contribution in [0.25, 0.3) is 12.2 Å². The van der Waals surface area contributed by atoms with Crippen molar-refractivity contribution in [3.63, 3.8) is 0 Å². The van der Waals surface area contributed by atoms with Gasteiger partial charge in [0.05, 0.1) is 23.5 Å². The Morgan fingerprint density at radius 3 is 2.62 bits per heavy atom. The van der Waals surface area contributed by atoms with E-state index >= 15 is 0 Å². The Kier molecular flexibility index (Phi) is 9.25. The molecule has 3 atom stereocenters. The number of nitrogens with zero attached hydrogens (tertiary/aromatic N) is 1. The number of alkyl halides is 4. The van der Waals surface area contributed by atoms with Crippen molar-refractivity contribution in [2.45, 2.75) is 37.3 Å². The van der Waals surface area contributed by atoms with Crippen molar-refractivity contribution in [3.05, 3.63) is 56.1 Å². The van der Waals surface area contributed by atoms with Gasteiger partial charge in [0.2, 0.25) is 0 Å². The summed E-state index contributed by atoms with van der Waals surface area (Å²) in [5, 5.41) is 6.11. The van der Waals surface area contributed by atoms with Gasteiger partial charge in [0.15, 0.2) is 0 Å². The van der Waals surface area contributed by atoms with Gasteiger partial charge in [-0.2, -0.15) is 13.2 Å². The van der Waals surface area contributed by atoms with Crippen LogP contribution in [0, 0.1) is 23.5 Å². The third-order valence-electron chi connectivity index (χ3n) is 6.70. The Balaban J connectivity index is 1.58. The smallest absolute Gasteiger partial charge is 0.372 e. The molecular formula is C28H30F6N3OPS. The Bertz CT molecular complexity index is 1520. The third-order valence-corrected chi connectivity index (χ3v) is 9.33. The Hall–Kier alpha value is -2.51. The molecule has 0 radical (unpaired) electrons. The van der Waals surface area contributed by atoms with Crippen LogP contribution in [-0.2, 0) is 11.0 Å². The van der Waals surface area contributed by atoms with Crippen LogP contribution < -0.4 is 25.7 Å². The molecule has 2 aliphatic rings. The first-order chi connectivity index (χ1) is 18.7. The van der Waals surface area contributed by atoms with E-state index in [4.69, 9.17) is 0 Å². The number of nitrogens with one attached hydrogen (secondary N) is 2. The molecule has 4 nitrogen and oxygen atoms in total. The molecule has 0 bridgehead atoms. The molecule has 1 fully saturated rings. The van der Waals surface area contributed by atoms with Gasteiger partial charge in [-0.3, -0.25) is 0 Å². The van der Waals surface area contributed by atoms with Crippen LogP contribution in [0.2, 0.25) is 0 Å². The number of fused-ring (bicyclic) bond motifs is 1. The Morgan fingerprint density at radius 2 is 1.95 bits per heavy atom. The predicted molar refractivity (Wildman–Crippen MR) is 150 cm³/mol. The van der Waals surface area contributed by atoms with E-state index in [1.54, 1.807) is 24.3 Å². The summed E-state index contributed by atoms with van der Waals surface area (Å²) < 4.78 is 96.5. The Labute approximate surface area is 233 Å². The van der Waals surface area contributed by atoms with E-state index < -0.39 is 37.5 Å². The molecule has 2 unspecified atom stereocenters. The molecule has 4 rings (SSSR count). The number of anilines is 1. The van der Waals surface area contributed by atoms with Crippen LogP contribution in [0.15, 0.2) is 24.3 Å². The predicted octanol–water partition coefficient (Wildman–Crippen LogP) is 3.97. The third kappa shape index (κ3) is 7.61. The maximum absolute atomic E-state index is 14.6. The molecule has 1 aliphatic carbocycles. The molecule has 1 aromatic heterocycles. The first-order valence-electron chi connectivity index (χ1n) is 12.7. The zero-order chi connectivity index (χ0) is 29.2. The fourth-order valence-corrected chi connectivity index (χ4v) is 6.88. The minimum atomic E-state index is -4.47. The van der Waals surface area contributed by atoms with Gasteiger partial charge in [0.1, 0.15) is 24.9 Å².